The molecule has 0 aromatic carbocycles. The van der Waals surface area contributed by atoms with Gasteiger partial charge >= 0.3 is 5.97 Å². The van der Waals surface area contributed by atoms with Gasteiger partial charge in [0.25, 0.3) is 0 Å². The minimum atomic E-state index is -3.41. The van der Waals surface area contributed by atoms with Crippen LogP contribution in [-0.4, -0.2) is 31.8 Å². The molecule has 0 saturated carbocycles. The number of carboxylic acids is 1. The van der Waals surface area contributed by atoms with Gasteiger partial charge in [-0.25, -0.2) is 13.1 Å². The molecule has 0 atom stereocenters. The Morgan fingerprint density at radius 3 is 2.33 bits per heavy atom. The molecule has 0 spiro atoms. The van der Waals surface area contributed by atoms with E-state index in [2.05, 4.69) is 0 Å². The lowest BCUT2D eigenvalue weighted by Crippen LogP contribution is -2.32. The van der Waals surface area contributed by atoms with E-state index in [1.54, 1.807) is 13.8 Å². The molecule has 0 amide bonds. The predicted molar refractivity (Wildman–Crippen MR) is 44.3 cm³/mol. The summed E-state index contributed by atoms with van der Waals surface area (Å²) < 4.78 is 23.9. The molecular formula is C6H13NO4S. The molecule has 0 bridgehead atoms. The molecule has 0 aliphatic rings. The Labute approximate surface area is 71.8 Å². The highest BCUT2D eigenvalue weighted by Crippen LogP contribution is 1.96. The smallest absolute Gasteiger partial charge is 0.318 e. The summed E-state index contributed by atoms with van der Waals surface area (Å²) in [5, 5.41) is 8.18. The van der Waals surface area contributed by atoms with E-state index in [-0.39, 0.29) is 11.7 Å². The summed E-state index contributed by atoms with van der Waals surface area (Å²) in [6.07, 6.45) is 0. The molecule has 5 nitrogen and oxygen atoms in total. The molecular weight excluding hydrogens is 182 g/mol. The molecule has 0 aliphatic carbocycles. The Morgan fingerprint density at radius 1 is 1.50 bits per heavy atom. The summed E-state index contributed by atoms with van der Waals surface area (Å²) in [5.41, 5.74) is 0. The molecule has 0 saturated heterocycles. The van der Waals surface area contributed by atoms with Crippen molar-refractivity contribution in [2.75, 3.05) is 12.3 Å². The second-order valence-electron chi connectivity index (χ2n) is 2.89. The van der Waals surface area contributed by atoms with Crippen molar-refractivity contribution in [2.45, 2.75) is 13.8 Å². The van der Waals surface area contributed by atoms with Crippen LogP contribution in [0.3, 0.4) is 0 Å². The van der Waals surface area contributed by atoms with E-state index in [1.165, 1.54) is 0 Å². The lowest BCUT2D eigenvalue weighted by atomic mass is 10.3. The van der Waals surface area contributed by atoms with Gasteiger partial charge in [0.15, 0.2) is 0 Å². The highest BCUT2D eigenvalue weighted by molar-refractivity contribution is 7.89. The number of sulfonamides is 1. The monoisotopic (exact) mass is 195 g/mol. The molecule has 0 unspecified atom stereocenters. The first kappa shape index (κ1) is 11.4. The van der Waals surface area contributed by atoms with Crippen molar-refractivity contribution in [1.82, 2.24) is 4.72 Å². The Balaban J connectivity index is 3.98. The van der Waals surface area contributed by atoms with Gasteiger partial charge in [-0.05, 0) is 5.92 Å². The van der Waals surface area contributed by atoms with E-state index < -0.39 is 22.5 Å². The first-order chi connectivity index (χ1) is 5.33. The zero-order valence-electron chi connectivity index (χ0n) is 7.07. The van der Waals surface area contributed by atoms with E-state index >= 15 is 0 Å². The quantitative estimate of drug-likeness (QED) is 0.628. The van der Waals surface area contributed by atoms with E-state index in [0.29, 0.717) is 0 Å². The Morgan fingerprint density at radius 2 is 2.00 bits per heavy atom. The van der Waals surface area contributed by atoms with Crippen molar-refractivity contribution in [3.8, 4) is 0 Å². The van der Waals surface area contributed by atoms with Crippen LogP contribution in [0.1, 0.15) is 13.8 Å². The van der Waals surface area contributed by atoms with Crippen LogP contribution in [0.15, 0.2) is 0 Å². The second kappa shape index (κ2) is 4.42. The van der Waals surface area contributed by atoms with Crippen LogP contribution in [0.2, 0.25) is 0 Å². The number of nitrogens with one attached hydrogen (secondary N) is 1. The van der Waals surface area contributed by atoms with Gasteiger partial charge in [-0.15, -0.1) is 0 Å². The lowest BCUT2D eigenvalue weighted by Gasteiger charge is -2.05. The predicted octanol–water partition coefficient (Wildman–Crippen LogP) is -0.354. The minimum Gasteiger partial charge on any atom is -0.480 e. The summed E-state index contributed by atoms with van der Waals surface area (Å²) in [4.78, 5) is 10.0. The van der Waals surface area contributed by atoms with E-state index in [0.717, 1.165) is 0 Å². The number of hydrogen-bond donors (Lipinski definition) is 2. The van der Waals surface area contributed by atoms with Crippen molar-refractivity contribution < 1.29 is 18.3 Å². The van der Waals surface area contributed by atoms with Crippen LogP contribution in [0.25, 0.3) is 0 Å². The van der Waals surface area contributed by atoms with Gasteiger partial charge in [0.2, 0.25) is 10.0 Å². The van der Waals surface area contributed by atoms with Gasteiger partial charge < -0.3 is 5.11 Å². The fourth-order valence-electron chi connectivity index (χ4n) is 0.669. The third-order valence-electron chi connectivity index (χ3n) is 0.996. The standard InChI is InChI=1S/C6H13NO4S/c1-5(2)4-12(10,11)7-3-6(8)9/h5,7H,3-4H2,1-2H3,(H,8,9). The number of hydrogen-bond acceptors (Lipinski definition) is 3. The van der Waals surface area contributed by atoms with Gasteiger partial charge in [-0.1, -0.05) is 13.8 Å². The van der Waals surface area contributed by atoms with Gasteiger partial charge in [0.05, 0.1) is 5.75 Å². The average molecular weight is 195 g/mol. The highest BCUT2D eigenvalue weighted by Gasteiger charge is 2.13. The fourth-order valence-corrected chi connectivity index (χ4v) is 2.01. The fraction of sp³-hybridized carbons (Fsp3) is 0.833. The van der Waals surface area contributed by atoms with E-state index in [1.807, 2.05) is 4.72 Å². The molecule has 0 aliphatic heterocycles. The average Bonchev–Trinajstić information content (AvgIpc) is 1.81. The first-order valence-electron chi connectivity index (χ1n) is 3.52. The molecule has 0 heterocycles. The molecule has 72 valence electrons. The zero-order chi connectivity index (χ0) is 9.78. The molecule has 0 radical (unpaired) electrons. The summed E-state index contributed by atoms with van der Waals surface area (Å²) in [6, 6.07) is 0. The molecule has 0 aromatic heterocycles. The molecule has 2 N–H and O–H groups in total. The molecule has 0 fully saturated rings. The van der Waals surface area contributed by atoms with Crippen molar-refractivity contribution >= 4 is 16.0 Å². The summed E-state index contributed by atoms with van der Waals surface area (Å²) in [7, 11) is -3.41. The normalized spacial score (nSPS) is 11.9. The van der Waals surface area contributed by atoms with Crippen molar-refractivity contribution in [1.29, 1.82) is 0 Å². The number of aliphatic carboxylic acids is 1. The largest absolute Gasteiger partial charge is 0.480 e. The topological polar surface area (TPSA) is 83.5 Å². The van der Waals surface area contributed by atoms with Crippen LogP contribution >= 0.6 is 0 Å². The Hall–Kier alpha value is -0.620. The van der Waals surface area contributed by atoms with Crippen LogP contribution in [0.5, 0.6) is 0 Å². The van der Waals surface area contributed by atoms with Gasteiger partial charge in [-0.3, -0.25) is 4.79 Å². The highest BCUT2D eigenvalue weighted by atomic mass is 32.2. The molecule has 12 heavy (non-hydrogen) atoms. The van der Waals surface area contributed by atoms with Crippen molar-refractivity contribution in [3.63, 3.8) is 0 Å². The SMILES string of the molecule is CC(C)CS(=O)(=O)NCC(=O)O. The van der Waals surface area contributed by atoms with E-state index in [4.69, 9.17) is 5.11 Å². The summed E-state index contributed by atoms with van der Waals surface area (Å²) >= 11 is 0. The lowest BCUT2D eigenvalue weighted by molar-refractivity contribution is -0.135. The maximum atomic E-state index is 11.0. The third kappa shape index (κ3) is 6.11. The van der Waals surface area contributed by atoms with Gasteiger partial charge in [0.1, 0.15) is 6.54 Å². The number of rotatable bonds is 5. The number of carbonyl (C=O) groups is 1. The molecule has 6 heteroatoms. The van der Waals surface area contributed by atoms with Gasteiger partial charge in [0, 0.05) is 0 Å². The second-order valence-corrected chi connectivity index (χ2v) is 4.74. The first-order valence-corrected chi connectivity index (χ1v) is 5.18. The van der Waals surface area contributed by atoms with Crippen molar-refractivity contribution in [3.05, 3.63) is 0 Å². The summed E-state index contributed by atoms with van der Waals surface area (Å²) in [5.74, 6) is -1.22. The third-order valence-corrected chi connectivity index (χ3v) is 2.69. The minimum absolute atomic E-state index is 0.00343. The Bertz CT molecular complexity index is 244. The maximum Gasteiger partial charge on any atom is 0.318 e. The van der Waals surface area contributed by atoms with Gasteiger partial charge in [-0.2, -0.15) is 0 Å². The van der Waals surface area contributed by atoms with Crippen LogP contribution in [0, 0.1) is 5.92 Å². The molecule has 0 aromatic rings. The maximum absolute atomic E-state index is 11.0. The van der Waals surface area contributed by atoms with Crippen molar-refractivity contribution in [2.24, 2.45) is 5.92 Å². The number of carboxylic acid groups (broad SMARTS) is 1. The van der Waals surface area contributed by atoms with Crippen LogP contribution < -0.4 is 4.72 Å². The molecule has 0 rings (SSSR count). The van der Waals surface area contributed by atoms with Crippen LogP contribution in [-0.2, 0) is 14.8 Å². The van der Waals surface area contributed by atoms with E-state index in [9.17, 15) is 13.2 Å². The Kier molecular flexibility index (Phi) is 4.19. The zero-order valence-corrected chi connectivity index (χ0v) is 7.89. The van der Waals surface area contributed by atoms with Crippen LogP contribution in [0.4, 0.5) is 0 Å². The summed E-state index contributed by atoms with van der Waals surface area (Å²) in [6.45, 7) is 2.95.